The van der Waals surface area contributed by atoms with Gasteiger partial charge in [-0.25, -0.2) is 4.98 Å². The van der Waals surface area contributed by atoms with Crippen molar-refractivity contribution in [2.75, 3.05) is 0 Å². The van der Waals surface area contributed by atoms with Gasteiger partial charge in [0.2, 0.25) is 0 Å². The van der Waals surface area contributed by atoms with Gasteiger partial charge in [0, 0.05) is 12.3 Å². The van der Waals surface area contributed by atoms with E-state index in [0.717, 1.165) is 48.7 Å². The first-order valence-corrected chi connectivity index (χ1v) is 14.3. The summed E-state index contributed by atoms with van der Waals surface area (Å²) in [5.74, 6) is 4.13. The van der Waals surface area contributed by atoms with Crippen LogP contribution in [0.1, 0.15) is 16.8 Å². The molecule has 0 N–H and O–H groups in total. The summed E-state index contributed by atoms with van der Waals surface area (Å²) in [6.45, 7) is 0. The Morgan fingerprint density at radius 3 is 2.40 bits per heavy atom. The number of nitrogens with zero attached hydrogens (tertiary/aromatic N) is 2. The fourth-order valence-electron chi connectivity index (χ4n) is 5.33. The van der Waals surface area contributed by atoms with Crippen LogP contribution in [-0.2, 0) is 5.41 Å². The molecule has 0 aliphatic carbocycles. The van der Waals surface area contributed by atoms with Crippen LogP contribution >= 0.6 is 11.3 Å². The van der Waals surface area contributed by atoms with Crippen molar-refractivity contribution in [3.8, 4) is 45.7 Å². The second-order valence-electron chi connectivity index (χ2n) is 9.79. The van der Waals surface area contributed by atoms with Gasteiger partial charge in [-0.05, 0) is 58.7 Å². The Morgan fingerprint density at radius 1 is 0.762 bits per heavy atom. The summed E-state index contributed by atoms with van der Waals surface area (Å²) < 4.78 is 13.2. The van der Waals surface area contributed by atoms with Gasteiger partial charge >= 0.3 is 0 Å². The summed E-state index contributed by atoms with van der Waals surface area (Å²) in [6.07, 6.45) is 9.95. The van der Waals surface area contributed by atoms with Crippen molar-refractivity contribution in [2.24, 2.45) is 0 Å². The average molecular weight is 561 g/mol. The normalized spacial score (nSPS) is 12.5. The van der Waals surface area contributed by atoms with Gasteiger partial charge in [0.1, 0.15) is 22.4 Å². The van der Waals surface area contributed by atoms with Gasteiger partial charge < -0.3 is 9.15 Å². The molecule has 0 fully saturated rings. The lowest BCUT2D eigenvalue weighted by Crippen LogP contribution is -2.29. The lowest BCUT2D eigenvalue weighted by atomic mass is 9.70. The second-order valence-corrected chi connectivity index (χ2v) is 10.8. The minimum atomic E-state index is -0.984. The van der Waals surface area contributed by atoms with Crippen LogP contribution in [0.4, 0.5) is 0 Å². The molecular weight excluding hydrogens is 536 g/mol. The van der Waals surface area contributed by atoms with Gasteiger partial charge in [-0.2, -0.15) is 0 Å². The first-order chi connectivity index (χ1) is 20.7. The number of fused-ring (bicyclic) bond motifs is 1. The summed E-state index contributed by atoms with van der Waals surface area (Å²) in [6, 6.07) is 42.1. The van der Waals surface area contributed by atoms with Crippen molar-refractivity contribution in [1.29, 1.82) is 0 Å². The Morgan fingerprint density at radius 2 is 1.57 bits per heavy atom. The molecule has 3 heterocycles. The molecule has 0 aliphatic rings. The summed E-state index contributed by atoms with van der Waals surface area (Å²) in [4.78, 5) is 9.51. The molecule has 0 bridgehead atoms. The third kappa shape index (κ3) is 4.54. The smallest absolute Gasteiger partial charge is 0.290 e. The van der Waals surface area contributed by atoms with E-state index in [1.165, 1.54) is 0 Å². The van der Waals surface area contributed by atoms with Crippen LogP contribution in [0.2, 0.25) is 0 Å². The Bertz CT molecular complexity index is 2010. The van der Waals surface area contributed by atoms with Crippen LogP contribution in [-0.4, -0.2) is 9.97 Å². The summed E-state index contributed by atoms with van der Waals surface area (Å²) in [5, 5.41) is 0.877. The molecule has 42 heavy (non-hydrogen) atoms. The maximum Gasteiger partial charge on any atom is 0.290 e. The number of aromatic nitrogens is 2. The maximum absolute atomic E-state index is 6.50. The van der Waals surface area contributed by atoms with Crippen LogP contribution in [0.25, 0.3) is 31.9 Å². The molecule has 1 atom stereocenters. The SMILES string of the molecule is C#CC(c1cccc(Oc2cc(-c3nc4ccccc4s3)co2)c1)(c1ccccn1)c1ccccc1-c1ccccc1. The van der Waals surface area contributed by atoms with Gasteiger partial charge in [0.15, 0.2) is 0 Å². The fourth-order valence-corrected chi connectivity index (χ4v) is 6.27. The number of hydrogen-bond acceptors (Lipinski definition) is 5. The van der Waals surface area contributed by atoms with E-state index in [1.807, 2.05) is 97.1 Å². The Hall–Kier alpha value is -5.44. The molecule has 1 unspecified atom stereocenters. The van der Waals surface area contributed by atoms with Crippen molar-refractivity contribution in [2.45, 2.75) is 5.41 Å². The maximum atomic E-state index is 6.50. The fraction of sp³-hybridized carbons (Fsp3) is 0.0270. The third-order valence-electron chi connectivity index (χ3n) is 7.28. The number of terminal acetylenes is 1. The minimum Gasteiger partial charge on any atom is -0.433 e. The highest BCUT2D eigenvalue weighted by atomic mass is 32.1. The van der Waals surface area contributed by atoms with Gasteiger partial charge in [-0.15, -0.1) is 17.8 Å². The molecule has 7 aromatic rings. The van der Waals surface area contributed by atoms with E-state index < -0.39 is 5.41 Å². The Labute approximate surface area is 247 Å². The van der Waals surface area contributed by atoms with Gasteiger partial charge in [-0.1, -0.05) is 90.8 Å². The molecule has 0 aliphatic heterocycles. The van der Waals surface area contributed by atoms with E-state index in [4.69, 9.17) is 25.5 Å². The molecule has 0 saturated heterocycles. The third-order valence-corrected chi connectivity index (χ3v) is 8.37. The molecule has 0 saturated carbocycles. The molecule has 4 nitrogen and oxygen atoms in total. The Kier molecular flexibility index (Phi) is 6.59. The molecule has 5 heteroatoms. The zero-order valence-electron chi connectivity index (χ0n) is 22.5. The average Bonchev–Trinajstić information content (AvgIpc) is 3.70. The van der Waals surface area contributed by atoms with Gasteiger partial charge in [-0.3, -0.25) is 4.98 Å². The first-order valence-electron chi connectivity index (χ1n) is 13.5. The second kappa shape index (κ2) is 10.9. The predicted octanol–water partition coefficient (Wildman–Crippen LogP) is 9.38. The highest BCUT2D eigenvalue weighted by Crippen LogP contribution is 2.44. The van der Waals surface area contributed by atoms with E-state index in [-0.39, 0.29) is 0 Å². The number of rotatable bonds is 7. The van der Waals surface area contributed by atoms with Gasteiger partial charge in [0.25, 0.3) is 5.95 Å². The molecule has 0 radical (unpaired) electrons. The highest BCUT2D eigenvalue weighted by Gasteiger charge is 2.38. The van der Waals surface area contributed by atoms with Crippen molar-refractivity contribution in [3.63, 3.8) is 0 Å². The first kappa shape index (κ1) is 25.5. The molecular formula is C37H24N2O2S. The molecule has 0 spiro atoms. The molecule has 200 valence electrons. The largest absolute Gasteiger partial charge is 0.433 e. The number of thiazole rings is 1. The zero-order chi connectivity index (χ0) is 28.4. The lowest BCUT2D eigenvalue weighted by Gasteiger charge is -2.31. The molecule has 3 aromatic heterocycles. The summed E-state index contributed by atoms with van der Waals surface area (Å²) in [5.41, 5.74) is 5.55. The number of para-hydroxylation sites is 1. The van der Waals surface area contributed by atoms with Crippen molar-refractivity contribution >= 4 is 21.6 Å². The van der Waals surface area contributed by atoms with Crippen LogP contribution in [0.5, 0.6) is 11.7 Å². The number of furan rings is 1. The van der Waals surface area contributed by atoms with Crippen LogP contribution in [0.15, 0.2) is 144 Å². The van der Waals surface area contributed by atoms with E-state index in [9.17, 15) is 0 Å². The van der Waals surface area contributed by atoms with Crippen molar-refractivity contribution in [3.05, 3.63) is 157 Å². The standard InChI is InChI=1S/C37H24N2O2S/c1-2-37(34-21-10-11-22-38-34,31-18-7-6-17-30(31)26-13-4-3-5-14-26)28-15-12-16-29(24-28)41-35-23-27(25-40-35)36-39-32-19-8-9-20-33(32)42-36/h1,3-25H. The van der Waals surface area contributed by atoms with Gasteiger partial charge in [0.05, 0.1) is 21.5 Å². The topological polar surface area (TPSA) is 48.2 Å². The van der Waals surface area contributed by atoms with E-state index in [0.29, 0.717) is 11.7 Å². The number of ether oxygens (including phenoxy) is 1. The van der Waals surface area contributed by atoms with Crippen LogP contribution < -0.4 is 4.74 Å². The zero-order valence-corrected chi connectivity index (χ0v) is 23.3. The number of pyridine rings is 1. The number of benzene rings is 4. The van der Waals surface area contributed by atoms with E-state index >= 15 is 0 Å². The van der Waals surface area contributed by atoms with E-state index in [2.05, 4.69) is 36.3 Å². The van der Waals surface area contributed by atoms with Crippen LogP contribution in [0.3, 0.4) is 0 Å². The quantitative estimate of drug-likeness (QED) is 0.182. The predicted molar refractivity (Wildman–Crippen MR) is 169 cm³/mol. The minimum absolute atomic E-state index is 0.371. The van der Waals surface area contributed by atoms with E-state index in [1.54, 1.807) is 23.8 Å². The molecule has 0 amide bonds. The Balaban J connectivity index is 1.30. The van der Waals surface area contributed by atoms with Crippen LogP contribution in [0, 0.1) is 12.3 Å². The molecule has 4 aromatic carbocycles. The highest BCUT2D eigenvalue weighted by molar-refractivity contribution is 7.21. The summed E-state index contributed by atoms with van der Waals surface area (Å²) in [7, 11) is 0. The molecule has 7 rings (SSSR count). The monoisotopic (exact) mass is 560 g/mol. The van der Waals surface area contributed by atoms with Crippen molar-refractivity contribution in [1.82, 2.24) is 9.97 Å². The number of hydrogen-bond donors (Lipinski definition) is 0. The van der Waals surface area contributed by atoms with Crippen molar-refractivity contribution < 1.29 is 9.15 Å². The summed E-state index contributed by atoms with van der Waals surface area (Å²) >= 11 is 1.62. The lowest BCUT2D eigenvalue weighted by molar-refractivity contribution is 0.346.